The SMILES string of the molecule is NC(Cc1ccccc1)c1csc(Nc2ncc(C(F)(F)F)cn2)n1. The summed E-state index contributed by atoms with van der Waals surface area (Å²) in [5.41, 5.74) is 7.06. The second-order valence-electron chi connectivity index (χ2n) is 5.29. The zero-order valence-electron chi connectivity index (χ0n) is 12.9. The molecule has 5 nitrogen and oxygen atoms in total. The highest BCUT2D eigenvalue weighted by Gasteiger charge is 2.31. The van der Waals surface area contributed by atoms with Gasteiger partial charge in [-0.3, -0.25) is 0 Å². The smallest absolute Gasteiger partial charge is 0.322 e. The van der Waals surface area contributed by atoms with Crippen molar-refractivity contribution in [3.8, 4) is 0 Å². The highest BCUT2D eigenvalue weighted by molar-refractivity contribution is 7.13. The van der Waals surface area contributed by atoms with Crippen LogP contribution in [0.2, 0.25) is 0 Å². The zero-order valence-corrected chi connectivity index (χ0v) is 13.7. The van der Waals surface area contributed by atoms with Gasteiger partial charge >= 0.3 is 6.18 Å². The molecule has 9 heteroatoms. The highest BCUT2D eigenvalue weighted by Crippen LogP contribution is 2.29. The summed E-state index contributed by atoms with van der Waals surface area (Å²) in [7, 11) is 0. The minimum absolute atomic E-state index is 0.0468. The van der Waals surface area contributed by atoms with Gasteiger partial charge in [0.05, 0.1) is 17.3 Å². The van der Waals surface area contributed by atoms with Gasteiger partial charge in [0.15, 0.2) is 5.13 Å². The lowest BCUT2D eigenvalue weighted by Gasteiger charge is -2.08. The summed E-state index contributed by atoms with van der Waals surface area (Å²) in [4.78, 5) is 11.7. The molecule has 1 atom stereocenters. The maximum absolute atomic E-state index is 12.5. The van der Waals surface area contributed by atoms with Crippen LogP contribution in [-0.4, -0.2) is 15.0 Å². The van der Waals surface area contributed by atoms with E-state index in [2.05, 4.69) is 20.3 Å². The second-order valence-corrected chi connectivity index (χ2v) is 6.15. The van der Waals surface area contributed by atoms with Gasteiger partial charge in [0.25, 0.3) is 0 Å². The van der Waals surface area contributed by atoms with Crippen molar-refractivity contribution in [1.82, 2.24) is 15.0 Å². The summed E-state index contributed by atoms with van der Waals surface area (Å²) in [6, 6.07) is 9.52. The predicted octanol–water partition coefficient (Wildman–Crippen LogP) is 3.94. The molecule has 0 spiro atoms. The van der Waals surface area contributed by atoms with E-state index in [1.807, 2.05) is 30.3 Å². The normalized spacial score (nSPS) is 12.8. The summed E-state index contributed by atoms with van der Waals surface area (Å²) < 4.78 is 37.5. The van der Waals surface area contributed by atoms with Crippen molar-refractivity contribution in [3.63, 3.8) is 0 Å². The summed E-state index contributed by atoms with van der Waals surface area (Å²) in [5.74, 6) is 0.0468. The Morgan fingerprint density at radius 3 is 2.44 bits per heavy atom. The number of anilines is 2. The van der Waals surface area contributed by atoms with Gasteiger partial charge in [-0.2, -0.15) is 13.2 Å². The zero-order chi connectivity index (χ0) is 17.9. The molecule has 1 unspecified atom stereocenters. The van der Waals surface area contributed by atoms with Crippen molar-refractivity contribution in [2.75, 3.05) is 5.32 Å². The third kappa shape index (κ3) is 4.52. The van der Waals surface area contributed by atoms with Crippen molar-refractivity contribution < 1.29 is 13.2 Å². The summed E-state index contributed by atoms with van der Waals surface area (Å²) >= 11 is 1.29. The van der Waals surface area contributed by atoms with Crippen LogP contribution in [0.5, 0.6) is 0 Å². The molecular weight excluding hydrogens is 351 g/mol. The summed E-state index contributed by atoms with van der Waals surface area (Å²) in [6.45, 7) is 0. The molecule has 0 saturated carbocycles. The fraction of sp³-hybridized carbons (Fsp3) is 0.188. The molecule has 2 aromatic heterocycles. The van der Waals surface area contributed by atoms with Crippen molar-refractivity contribution in [2.24, 2.45) is 5.73 Å². The fourth-order valence-electron chi connectivity index (χ4n) is 2.12. The monoisotopic (exact) mass is 365 g/mol. The topological polar surface area (TPSA) is 76.7 Å². The third-order valence-electron chi connectivity index (χ3n) is 3.40. The van der Waals surface area contributed by atoms with Crippen molar-refractivity contribution in [2.45, 2.75) is 18.6 Å². The van der Waals surface area contributed by atoms with Crippen LogP contribution in [0.25, 0.3) is 0 Å². The molecule has 3 rings (SSSR count). The van der Waals surface area contributed by atoms with Gasteiger partial charge in [0.1, 0.15) is 0 Å². The number of hydrogen-bond acceptors (Lipinski definition) is 6. The Balaban J connectivity index is 1.65. The second kappa shape index (κ2) is 7.16. The number of nitrogens with one attached hydrogen (secondary N) is 1. The van der Waals surface area contributed by atoms with Crippen molar-refractivity contribution >= 4 is 22.4 Å². The lowest BCUT2D eigenvalue weighted by molar-refractivity contribution is -0.138. The van der Waals surface area contributed by atoms with Crippen LogP contribution in [-0.2, 0) is 12.6 Å². The Bertz CT molecular complexity index is 818. The average Bonchev–Trinajstić information content (AvgIpc) is 3.04. The fourth-order valence-corrected chi connectivity index (χ4v) is 2.89. The quantitative estimate of drug-likeness (QED) is 0.716. The van der Waals surface area contributed by atoms with Gasteiger partial charge in [0.2, 0.25) is 5.95 Å². The van der Waals surface area contributed by atoms with Gasteiger partial charge < -0.3 is 11.1 Å². The number of nitrogens with two attached hydrogens (primary N) is 1. The summed E-state index contributed by atoms with van der Waals surface area (Å²) in [5, 5.41) is 5.06. The first-order valence-electron chi connectivity index (χ1n) is 7.33. The predicted molar refractivity (Wildman–Crippen MR) is 89.5 cm³/mol. The molecule has 0 bridgehead atoms. The van der Waals surface area contributed by atoms with Gasteiger partial charge in [-0.25, -0.2) is 15.0 Å². The standard InChI is InChI=1S/C16H14F3N5S/c17-16(18,19)11-7-21-14(22-8-11)24-15-23-13(9-25-15)12(20)6-10-4-2-1-3-5-10/h1-5,7-9,12H,6,20H2,(H,21,22,23,24). The van der Waals surface area contributed by atoms with E-state index in [1.54, 1.807) is 5.38 Å². The number of halogens is 3. The Morgan fingerprint density at radius 1 is 1.12 bits per heavy atom. The molecule has 1 aromatic carbocycles. The number of benzene rings is 1. The maximum atomic E-state index is 12.5. The Hall–Kier alpha value is -2.52. The molecule has 0 radical (unpaired) electrons. The molecule has 0 saturated heterocycles. The molecule has 0 amide bonds. The first-order chi connectivity index (χ1) is 11.9. The van der Waals surface area contributed by atoms with Crippen LogP contribution in [0.15, 0.2) is 48.1 Å². The number of thiazole rings is 1. The Kier molecular flexibility index (Phi) is 4.95. The van der Waals surface area contributed by atoms with Crippen LogP contribution >= 0.6 is 11.3 Å². The van der Waals surface area contributed by atoms with E-state index >= 15 is 0 Å². The number of aromatic nitrogens is 3. The van der Waals surface area contributed by atoms with Gasteiger partial charge in [-0.05, 0) is 12.0 Å². The lowest BCUT2D eigenvalue weighted by atomic mass is 10.1. The largest absolute Gasteiger partial charge is 0.419 e. The molecule has 0 aliphatic heterocycles. The Labute approximate surface area is 145 Å². The number of hydrogen-bond donors (Lipinski definition) is 2. The third-order valence-corrected chi connectivity index (χ3v) is 4.17. The molecule has 25 heavy (non-hydrogen) atoms. The van der Waals surface area contributed by atoms with Crippen LogP contribution in [0.3, 0.4) is 0 Å². The molecule has 3 N–H and O–H groups in total. The van der Waals surface area contributed by atoms with Gasteiger partial charge in [-0.1, -0.05) is 30.3 Å². The first-order valence-corrected chi connectivity index (χ1v) is 8.21. The van der Waals surface area contributed by atoms with E-state index in [-0.39, 0.29) is 12.0 Å². The molecule has 0 aliphatic rings. The molecule has 0 aliphatic carbocycles. The minimum Gasteiger partial charge on any atom is -0.322 e. The first kappa shape index (κ1) is 17.3. The van der Waals surface area contributed by atoms with Crippen LogP contribution in [0.1, 0.15) is 22.9 Å². The number of nitrogens with zero attached hydrogens (tertiary/aromatic N) is 3. The number of alkyl halides is 3. The minimum atomic E-state index is -4.46. The Morgan fingerprint density at radius 2 is 1.80 bits per heavy atom. The molecule has 3 aromatic rings. The molecular formula is C16H14F3N5S. The average molecular weight is 365 g/mol. The van der Waals surface area contributed by atoms with Gasteiger partial charge in [0, 0.05) is 17.8 Å². The molecule has 130 valence electrons. The van der Waals surface area contributed by atoms with E-state index in [4.69, 9.17) is 5.73 Å². The number of rotatable bonds is 5. The van der Waals surface area contributed by atoms with Gasteiger partial charge in [-0.15, -0.1) is 11.3 Å². The van der Waals surface area contributed by atoms with E-state index in [0.29, 0.717) is 17.2 Å². The van der Waals surface area contributed by atoms with Crippen LogP contribution < -0.4 is 11.1 Å². The van der Waals surface area contributed by atoms with E-state index in [1.165, 1.54) is 11.3 Å². The lowest BCUT2D eigenvalue weighted by Crippen LogP contribution is -2.13. The van der Waals surface area contributed by atoms with E-state index in [0.717, 1.165) is 18.0 Å². The maximum Gasteiger partial charge on any atom is 0.419 e. The highest BCUT2D eigenvalue weighted by atomic mass is 32.1. The molecule has 2 heterocycles. The molecule has 0 fully saturated rings. The van der Waals surface area contributed by atoms with E-state index in [9.17, 15) is 13.2 Å². The summed E-state index contributed by atoms with van der Waals surface area (Å²) in [6.07, 6.45) is -2.37. The van der Waals surface area contributed by atoms with Crippen molar-refractivity contribution in [3.05, 3.63) is 64.9 Å². The van der Waals surface area contributed by atoms with Crippen molar-refractivity contribution in [1.29, 1.82) is 0 Å². The van der Waals surface area contributed by atoms with Crippen LogP contribution in [0.4, 0.5) is 24.3 Å². The van der Waals surface area contributed by atoms with E-state index < -0.39 is 11.7 Å². The van der Waals surface area contributed by atoms with Crippen LogP contribution in [0, 0.1) is 0 Å².